The van der Waals surface area contributed by atoms with Crippen LogP contribution in [0.15, 0.2) is 48.5 Å². The Kier molecular flexibility index (Phi) is 5.00. The molecule has 0 saturated carbocycles. The van der Waals surface area contributed by atoms with E-state index in [1.54, 1.807) is 36.4 Å². The second-order valence-electron chi connectivity index (χ2n) is 4.62. The van der Waals surface area contributed by atoms with E-state index in [0.717, 1.165) is 5.56 Å². The number of rotatable bonds is 5. The monoisotopic (exact) mass is 302 g/mol. The predicted molar refractivity (Wildman–Crippen MR) is 84.5 cm³/mol. The molecule has 3 nitrogen and oxygen atoms in total. The van der Waals surface area contributed by atoms with Crippen molar-refractivity contribution in [2.75, 3.05) is 0 Å². The zero-order valence-electron chi connectivity index (χ0n) is 11.3. The van der Waals surface area contributed by atoms with E-state index in [2.05, 4.69) is 5.32 Å². The van der Waals surface area contributed by atoms with E-state index in [9.17, 15) is 9.18 Å². The second-order valence-corrected chi connectivity index (χ2v) is 5.14. The topological polar surface area (TPSA) is 55.1 Å². The van der Waals surface area contributed by atoms with E-state index in [0.29, 0.717) is 22.5 Å². The van der Waals surface area contributed by atoms with Gasteiger partial charge in [0.2, 0.25) is 0 Å². The molecule has 0 unspecified atom stereocenters. The fourth-order valence-electron chi connectivity index (χ4n) is 1.94. The smallest absolute Gasteiger partial charge is 0.251 e. The number of thiocarbonyl (C=S) groups is 1. The highest BCUT2D eigenvalue weighted by atomic mass is 32.1. The van der Waals surface area contributed by atoms with Crippen LogP contribution < -0.4 is 11.1 Å². The van der Waals surface area contributed by atoms with Crippen LogP contribution in [0.1, 0.15) is 21.5 Å². The molecule has 0 aromatic heterocycles. The van der Waals surface area contributed by atoms with Gasteiger partial charge < -0.3 is 11.1 Å². The lowest BCUT2D eigenvalue weighted by atomic mass is 10.1. The second kappa shape index (κ2) is 6.95. The zero-order chi connectivity index (χ0) is 15.2. The number of halogens is 1. The molecule has 0 spiro atoms. The van der Waals surface area contributed by atoms with E-state index in [4.69, 9.17) is 18.0 Å². The summed E-state index contributed by atoms with van der Waals surface area (Å²) in [5.74, 6) is -0.594. The molecule has 21 heavy (non-hydrogen) atoms. The summed E-state index contributed by atoms with van der Waals surface area (Å²) in [6.07, 6.45) is 0.448. The van der Waals surface area contributed by atoms with Crippen molar-refractivity contribution in [3.8, 4) is 0 Å². The summed E-state index contributed by atoms with van der Waals surface area (Å²) < 4.78 is 13.5. The molecule has 0 heterocycles. The maximum atomic E-state index is 13.5. The van der Waals surface area contributed by atoms with Gasteiger partial charge in [-0.15, -0.1) is 0 Å². The van der Waals surface area contributed by atoms with Crippen LogP contribution in [0.5, 0.6) is 0 Å². The van der Waals surface area contributed by atoms with E-state index >= 15 is 0 Å². The molecule has 2 aromatic rings. The third-order valence-electron chi connectivity index (χ3n) is 2.96. The summed E-state index contributed by atoms with van der Waals surface area (Å²) in [7, 11) is 0. The fourth-order valence-corrected chi connectivity index (χ4v) is 2.11. The molecule has 0 fully saturated rings. The Morgan fingerprint density at radius 1 is 1.19 bits per heavy atom. The Morgan fingerprint density at radius 2 is 1.95 bits per heavy atom. The molecule has 0 aliphatic rings. The highest BCUT2D eigenvalue weighted by Gasteiger charge is 2.08. The number of hydrogen-bond acceptors (Lipinski definition) is 2. The average Bonchev–Trinajstić information content (AvgIpc) is 2.45. The van der Waals surface area contributed by atoms with Crippen molar-refractivity contribution >= 4 is 23.1 Å². The standard InChI is InChI=1S/C16H15FN2OS/c17-14-7-2-1-5-13(14)10-19-16(20)12-6-3-4-11(8-12)9-15(18)21/h1-8H,9-10H2,(H2,18,21)(H,19,20). The van der Waals surface area contributed by atoms with Crippen molar-refractivity contribution in [1.29, 1.82) is 0 Å². The maximum Gasteiger partial charge on any atom is 0.251 e. The molecule has 1 amide bonds. The number of carbonyl (C=O) groups excluding carboxylic acids is 1. The Labute approximate surface area is 128 Å². The first-order chi connectivity index (χ1) is 10.1. The Bertz CT molecular complexity index is 673. The minimum absolute atomic E-state index is 0.144. The molecular formula is C16H15FN2OS. The van der Waals surface area contributed by atoms with Gasteiger partial charge in [-0.05, 0) is 23.8 Å². The van der Waals surface area contributed by atoms with E-state index in [-0.39, 0.29) is 18.3 Å². The Morgan fingerprint density at radius 3 is 2.67 bits per heavy atom. The SMILES string of the molecule is NC(=S)Cc1cccc(C(=O)NCc2ccccc2F)c1. The van der Waals surface area contributed by atoms with Gasteiger partial charge in [-0.2, -0.15) is 0 Å². The third-order valence-corrected chi connectivity index (χ3v) is 3.11. The zero-order valence-corrected chi connectivity index (χ0v) is 12.1. The van der Waals surface area contributed by atoms with Crippen molar-refractivity contribution in [2.45, 2.75) is 13.0 Å². The lowest BCUT2D eigenvalue weighted by Gasteiger charge is -2.07. The van der Waals surface area contributed by atoms with Gasteiger partial charge in [0, 0.05) is 24.1 Å². The maximum absolute atomic E-state index is 13.5. The molecular weight excluding hydrogens is 287 g/mol. The number of benzene rings is 2. The van der Waals surface area contributed by atoms with Gasteiger partial charge in [-0.1, -0.05) is 42.5 Å². The van der Waals surface area contributed by atoms with Crippen LogP contribution in [0.25, 0.3) is 0 Å². The van der Waals surface area contributed by atoms with Crippen molar-refractivity contribution in [2.24, 2.45) is 5.73 Å². The van der Waals surface area contributed by atoms with Crippen LogP contribution in [-0.2, 0) is 13.0 Å². The molecule has 108 valence electrons. The summed E-state index contributed by atoms with van der Waals surface area (Å²) in [4.78, 5) is 12.4. The van der Waals surface area contributed by atoms with Crippen molar-refractivity contribution in [3.63, 3.8) is 0 Å². The Balaban J connectivity index is 2.03. The van der Waals surface area contributed by atoms with Gasteiger partial charge in [-0.25, -0.2) is 4.39 Å². The van der Waals surface area contributed by atoms with E-state index < -0.39 is 0 Å². The van der Waals surface area contributed by atoms with Crippen LogP contribution in [0.3, 0.4) is 0 Å². The van der Waals surface area contributed by atoms with Crippen molar-refractivity contribution < 1.29 is 9.18 Å². The minimum atomic E-state index is -0.333. The molecule has 2 rings (SSSR count). The summed E-state index contributed by atoms with van der Waals surface area (Å²) in [5.41, 5.74) is 7.32. The largest absolute Gasteiger partial charge is 0.393 e. The van der Waals surface area contributed by atoms with Crippen LogP contribution in [0.2, 0.25) is 0 Å². The fraction of sp³-hybridized carbons (Fsp3) is 0.125. The normalized spacial score (nSPS) is 10.1. The van der Waals surface area contributed by atoms with Gasteiger partial charge >= 0.3 is 0 Å². The molecule has 0 saturated heterocycles. The molecule has 0 aliphatic heterocycles. The molecule has 2 aromatic carbocycles. The summed E-state index contributed by atoms with van der Waals surface area (Å²) in [6, 6.07) is 13.4. The minimum Gasteiger partial charge on any atom is -0.393 e. The first kappa shape index (κ1) is 15.1. The summed E-state index contributed by atoms with van der Waals surface area (Å²) in [5, 5.41) is 2.69. The number of hydrogen-bond donors (Lipinski definition) is 2. The van der Waals surface area contributed by atoms with E-state index in [1.807, 2.05) is 6.07 Å². The summed E-state index contributed by atoms with van der Waals surface area (Å²) >= 11 is 4.85. The highest BCUT2D eigenvalue weighted by Crippen LogP contribution is 2.08. The van der Waals surface area contributed by atoms with Crippen molar-refractivity contribution in [3.05, 3.63) is 71.0 Å². The van der Waals surface area contributed by atoms with Crippen LogP contribution in [0, 0.1) is 5.82 Å². The number of amides is 1. The van der Waals surface area contributed by atoms with Crippen LogP contribution in [0.4, 0.5) is 4.39 Å². The van der Waals surface area contributed by atoms with Gasteiger partial charge in [0.25, 0.3) is 5.91 Å². The predicted octanol–water partition coefficient (Wildman–Crippen LogP) is 2.58. The van der Waals surface area contributed by atoms with Gasteiger partial charge in [0.05, 0.1) is 4.99 Å². The van der Waals surface area contributed by atoms with Gasteiger partial charge in [-0.3, -0.25) is 4.79 Å². The van der Waals surface area contributed by atoms with Gasteiger partial charge in [0.1, 0.15) is 5.82 Å². The first-order valence-corrected chi connectivity index (χ1v) is 6.86. The average molecular weight is 302 g/mol. The Hall–Kier alpha value is -2.27. The van der Waals surface area contributed by atoms with Crippen molar-refractivity contribution in [1.82, 2.24) is 5.32 Å². The molecule has 5 heteroatoms. The molecule has 0 bridgehead atoms. The quantitative estimate of drug-likeness (QED) is 0.835. The van der Waals surface area contributed by atoms with Crippen LogP contribution in [-0.4, -0.2) is 10.9 Å². The lowest BCUT2D eigenvalue weighted by Crippen LogP contribution is -2.23. The highest BCUT2D eigenvalue weighted by molar-refractivity contribution is 7.80. The number of nitrogens with one attached hydrogen (secondary N) is 1. The van der Waals surface area contributed by atoms with E-state index in [1.165, 1.54) is 6.07 Å². The number of carbonyl (C=O) groups is 1. The first-order valence-electron chi connectivity index (χ1n) is 6.45. The molecule has 3 N–H and O–H groups in total. The lowest BCUT2D eigenvalue weighted by molar-refractivity contribution is 0.0950. The van der Waals surface area contributed by atoms with Crippen LogP contribution >= 0.6 is 12.2 Å². The molecule has 0 radical (unpaired) electrons. The number of nitrogens with two attached hydrogens (primary N) is 1. The molecule has 0 aliphatic carbocycles. The molecule has 0 atom stereocenters. The third kappa shape index (κ3) is 4.36. The summed E-state index contributed by atoms with van der Waals surface area (Å²) in [6.45, 7) is 0.144. The van der Waals surface area contributed by atoms with Gasteiger partial charge in [0.15, 0.2) is 0 Å².